The fourth-order valence-electron chi connectivity index (χ4n) is 2.49. The molecule has 28 heavy (non-hydrogen) atoms. The molecule has 1 unspecified atom stereocenters. The SMILES string of the molecule is CCn1c(SC(C)C(=O)Nc2ccc([N+](=O)[O-])cc2)nnc1-c1cccnc1. The molecule has 0 saturated carbocycles. The van der Waals surface area contributed by atoms with Crippen LogP contribution >= 0.6 is 11.8 Å². The van der Waals surface area contributed by atoms with Gasteiger partial charge in [0, 0.05) is 42.3 Å². The number of rotatable bonds is 7. The molecule has 0 aliphatic rings. The number of pyridine rings is 1. The number of aromatic nitrogens is 4. The Balaban J connectivity index is 1.70. The smallest absolute Gasteiger partial charge is 0.269 e. The van der Waals surface area contributed by atoms with Crippen molar-refractivity contribution in [3.63, 3.8) is 0 Å². The number of nitrogens with zero attached hydrogens (tertiary/aromatic N) is 5. The van der Waals surface area contributed by atoms with Gasteiger partial charge in [0.1, 0.15) is 0 Å². The number of carbonyl (C=O) groups excluding carboxylic acids is 1. The molecule has 10 heteroatoms. The van der Waals surface area contributed by atoms with E-state index in [-0.39, 0.29) is 11.6 Å². The summed E-state index contributed by atoms with van der Waals surface area (Å²) in [6, 6.07) is 9.44. The van der Waals surface area contributed by atoms with E-state index < -0.39 is 10.2 Å². The zero-order chi connectivity index (χ0) is 20.1. The maximum Gasteiger partial charge on any atom is 0.269 e. The summed E-state index contributed by atoms with van der Waals surface area (Å²) in [5, 5.41) is 22.1. The molecule has 0 aliphatic heterocycles. The van der Waals surface area contributed by atoms with Crippen LogP contribution in [0.4, 0.5) is 11.4 Å². The van der Waals surface area contributed by atoms with E-state index in [1.807, 2.05) is 23.6 Å². The lowest BCUT2D eigenvalue weighted by molar-refractivity contribution is -0.384. The molecule has 1 aromatic carbocycles. The number of nitro groups is 1. The van der Waals surface area contributed by atoms with Crippen molar-refractivity contribution < 1.29 is 9.72 Å². The van der Waals surface area contributed by atoms with Gasteiger partial charge in [0.2, 0.25) is 5.91 Å². The number of hydrogen-bond donors (Lipinski definition) is 1. The Hall–Kier alpha value is -3.27. The molecule has 9 nitrogen and oxygen atoms in total. The quantitative estimate of drug-likeness (QED) is 0.368. The van der Waals surface area contributed by atoms with Crippen LogP contribution in [0.25, 0.3) is 11.4 Å². The van der Waals surface area contributed by atoms with Crippen LogP contribution in [-0.2, 0) is 11.3 Å². The van der Waals surface area contributed by atoms with Gasteiger partial charge in [-0.3, -0.25) is 19.9 Å². The Kier molecular flexibility index (Phi) is 5.99. The lowest BCUT2D eigenvalue weighted by Gasteiger charge is -2.12. The number of amides is 1. The van der Waals surface area contributed by atoms with Gasteiger partial charge in [-0.1, -0.05) is 11.8 Å². The number of nitro benzene ring substituents is 1. The second-order valence-corrected chi connectivity index (χ2v) is 7.15. The third kappa shape index (κ3) is 4.34. The van der Waals surface area contributed by atoms with E-state index in [1.54, 1.807) is 19.3 Å². The first-order valence-electron chi connectivity index (χ1n) is 8.55. The second kappa shape index (κ2) is 8.61. The predicted molar refractivity (Wildman–Crippen MR) is 106 cm³/mol. The average molecular weight is 398 g/mol. The fraction of sp³-hybridized carbons (Fsp3) is 0.222. The number of hydrogen-bond acceptors (Lipinski definition) is 7. The molecule has 3 aromatic rings. The lowest BCUT2D eigenvalue weighted by atomic mass is 10.3. The molecule has 2 aromatic heterocycles. The molecule has 0 aliphatic carbocycles. The molecule has 0 fully saturated rings. The first-order chi connectivity index (χ1) is 13.5. The Morgan fingerprint density at radius 2 is 2.04 bits per heavy atom. The van der Waals surface area contributed by atoms with Crippen molar-refractivity contribution in [3.8, 4) is 11.4 Å². The summed E-state index contributed by atoms with van der Waals surface area (Å²) in [6.07, 6.45) is 3.41. The van der Waals surface area contributed by atoms with Crippen molar-refractivity contribution in [1.82, 2.24) is 19.7 Å². The van der Waals surface area contributed by atoms with Crippen LogP contribution in [0, 0.1) is 10.1 Å². The van der Waals surface area contributed by atoms with Crippen molar-refractivity contribution in [2.24, 2.45) is 0 Å². The summed E-state index contributed by atoms with van der Waals surface area (Å²) >= 11 is 1.29. The van der Waals surface area contributed by atoms with Crippen molar-refractivity contribution in [3.05, 3.63) is 58.9 Å². The Bertz CT molecular complexity index is 975. The highest BCUT2D eigenvalue weighted by atomic mass is 32.2. The number of carbonyl (C=O) groups is 1. The van der Waals surface area contributed by atoms with Gasteiger partial charge in [0.05, 0.1) is 10.2 Å². The van der Waals surface area contributed by atoms with Crippen LogP contribution in [0.5, 0.6) is 0 Å². The fourth-order valence-corrected chi connectivity index (χ4v) is 3.40. The van der Waals surface area contributed by atoms with E-state index in [1.165, 1.54) is 36.0 Å². The van der Waals surface area contributed by atoms with Gasteiger partial charge in [-0.2, -0.15) is 0 Å². The van der Waals surface area contributed by atoms with E-state index in [9.17, 15) is 14.9 Å². The monoisotopic (exact) mass is 398 g/mol. The minimum atomic E-state index is -0.485. The third-order valence-electron chi connectivity index (χ3n) is 3.95. The zero-order valence-electron chi connectivity index (χ0n) is 15.3. The molecule has 0 bridgehead atoms. The highest BCUT2D eigenvalue weighted by Gasteiger charge is 2.20. The molecule has 1 amide bonds. The van der Waals surface area contributed by atoms with E-state index >= 15 is 0 Å². The highest BCUT2D eigenvalue weighted by Crippen LogP contribution is 2.27. The summed E-state index contributed by atoms with van der Waals surface area (Å²) < 4.78 is 1.93. The molecule has 0 saturated heterocycles. The lowest BCUT2D eigenvalue weighted by Crippen LogP contribution is -2.23. The summed E-state index contributed by atoms with van der Waals surface area (Å²) in [4.78, 5) is 26.8. The zero-order valence-corrected chi connectivity index (χ0v) is 16.1. The van der Waals surface area contributed by atoms with Gasteiger partial charge in [-0.05, 0) is 38.1 Å². The Morgan fingerprint density at radius 3 is 2.64 bits per heavy atom. The van der Waals surface area contributed by atoms with Gasteiger partial charge in [-0.25, -0.2) is 0 Å². The van der Waals surface area contributed by atoms with Crippen LogP contribution in [0.1, 0.15) is 13.8 Å². The normalized spacial score (nSPS) is 11.8. The number of anilines is 1. The minimum absolute atomic E-state index is 0.0283. The standard InChI is InChI=1S/C18H18N6O3S/c1-3-23-16(13-5-4-10-19-11-13)21-22-18(23)28-12(2)17(25)20-14-6-8-15(9-7-14)24(26)27/h4-12H,3H2,1-2H3,(H,20,25). The predicted octanol–water partition coefficient (Wildman–Crippen LogP) is 3.39. The number of non-ortho nitro benzene ring substituents is 1. The van der Waals surface area contributed by atoms with Crippen molar-refractivity contribution in [2.45, 2.75) is 30.8 Å². The topological polar surface area (TPSA) is 116 Å². The maximum absolute atomic E-state index is 12.5. The maximum atomic E-state index is 12.5. The molecule has 1 atom stereocenters. The number of benzene rings is 1. The first-order valence-corrected chi connectivity index (χ1v) is 9.43. The molecule has 3 rings (SSSR count). The summed E-state index contributed by atoms with van der Waals surface area (Å²) in [5.41, 5.74) is 1.32. The molecule has 0 spiro atoms. The largest absolute Gasteiger partial charge is 0.325 e. The van der Waals surface area contributed by atoms with Crippen LogP contribution in [0.2, 0.25) is 0 Å². The summed E-state index contributed by atoms with van der Waals surface area (Å²) in [7, 11) is 0. The van der Waals surface area contributed by atoms with Gasteiger partial charge in [0.15, 0.2) is 11.0 Å². The van der Waals surface area contributed by atoms with Crippen molar-refractivity contribution in [1.29, 1.82) is 0 Å². The number of thioether (sulfide) groups is 1. The Morgan fingerprint density at radius 1 is 1.29 bits per heavy atom. The molecular formula is C18H18N6O3S. The first kappa shape index (κ1) is 19.5. The van der Waals surface area contributed by atoms with E-state index in [4.69, 9.17) is 0 Å². The van der Waals surface area contributed by atoms with Crippen molar-refractivity contribution >= 4 is 29.0 Å². The van der Waals surface area contributed by atoms with E-state index in [2.05, 4.69) is 20.5 Å². The third-order valence-corrected chi connectivity index (χ3v) is 5.03. The van der Waals surface area contributed by atoms with Crippen LogP contribution < -0.4 is 5.32 Å². The van der Waals surface area contributed by atoms with Crippen LogP contribution in [0.15, 0.2) is 53.9 Å². The average Bonchev–Trinajstić information content (AvgIpc) is 3.11. The summed E-state index contributed by atoms with van der Waals surface area (Å²) in [6.45, 7) is 4.40. The van der Waals surface area contributed by atoms with E-state index in [0.717, 1.165) is 5.56 Å². The van der Waals surface area contributed by atoms with E-state index in [0.29, 0.717) is 23.2 Å². The molecule has 144 valence electrons. The second-order valence-electron chi connectivity index (χ2n) is 5.85. The van der Waals surface area contributed by atoms with Crippen molar-refractivity contribution in [2.75, 3.05) is 5.32 Å². The van der Waals surface area contributed by atoms with Gasteiger partial charge >= 0.3 is 0 Å². The summed E-state index contributed by atoms with van der Waals surface area (Å²) in [5.74, 6) is 0.466. The molecular weight excluding hydrogens is 380 g/mol. The van der Waals surface area contributed by atoms with Gasteiger partial charge in [-0.15, -0.1) is 10.2 Å². The van der Waals surface area contributed by atoms with Crippen LogP contribution in [-0.4, -0.2) is 35.8 Å². The van der Waals surface area contributed by atoms with Crippen LogP contribution in [0.3, 0.4) is 0 Å². The minimum Gasteiger partial charge on any atom is -0.325 e. The number of nitrogens with one attached hydrogen (secondary N) is 1. The van der Waals surface area contributed by atoms with Gasteiger partial charge in [0.25, 0.3) is 5.69 Å². The molecule has 1 N–H and O–H groups in total. The molecule has 2 heterocycles. The van der Waals surface area contributed by atoms with Gasteiger partial charge < -0.3 is 9.88 Å². The molecule has 0 radical (unpaired) electrons. The Labute approximate surface area is 165 Å². The highest BCUT2D eigenvalue weighted by molar-refractivity contribution is 8.00.